The van der Waals surface area contributed by atoms with Gasteiger partial charge in [0.1, 0.15) is 0 Å². The Labute approximate surface area is 120 Å². The van der Waals surface area contributed by atoms with Gasteiger partial charge in [-0.25, -0.2) is 4.98 Å². The van der Waals surface area contributed by atoms with E-state index in [1.165, 1.54) is 37.8 Å². The van der Waals surface area contributed by atoms with Gasteiger partial charge in [0.25, 0.3) is 0 Å². The van der Waals surface area contributed by atoms with Gasteiger partial charge in [0, 0.05) is 50.5 Å². The Balaban J connectivity index is 1.78. The maximum absolute atomic E-state index is 11.7. The quantitative estimate of drug-likeness (QED) is 0.896. The minimum Gasteiger partial charge on any atom is -0.347 e. The summed E-state index contributed by atoms with van der Waals surface area (Å²) in [5, 5.41) is 0. The van der Waals surface area contributed by atoms with Crippen LogP contribution in [-0.4, -0.2) is 50.8 Å². The van der Waals surface area contributed by atoms with E-state index in [0.29, 0.717) is 0 Å². The molecule has 1 aliphatic carbocycles. The van der Waals surface area contributed by atoms with Crippen LogP contribution in [0.3, 0.4) is 0 Å². The first kappa shape index (κ1) is 13.6. The molecule has 3 rings (SSSR count). The van der Waals surface area contributed by atoms with Crippen molar-refractivity contribution < 1.29 is 4.79 Å². The number of aromatic nitrogens is 2. The lowest BCUT2D eigenvalue weighted by atomic mass is 9.78. The Kier molecular flexibility index (Phi) is 3.78. The Morgan fingerprint density at radius 3 is 2.80 bits per heavy atom. The summed E-state index contributed by atoms with van der Waals surface area (Å²) in [6.07, 6.45) is 9.98. The van der Waals surface area contributed by atoms with E-state index in [1.807, 2.05) is 11.1 Å². The maximum Gasteiger partial charge on any atom is 0.219 e. The molecule has 2 aliphatic rings. The van der Waals surface area contributed by atoms with E-state index in [4.69, 9.17) is 0 Å². The number of rotatable bonds is 2. The second kappa shape index (κ2) is 5.56. The third-order valence-electron chi connectivity index (χ3n) is 4.94. The Hall–Kier alpha value is -1.36. The van der Waals surface area contributed by atoms with E-state index in [-0.39, 0.29) is 11.4 Å². The van der Waals surface area contributed by atoms with Crippen LogP contribution in [0.15, 0.2) is 12.5 Å². The average Bonchev–Trinajstić information content (AvgIpc) is 2.95. The van der Waals surface area contributed by atoms with Crippen molar-refractivity contribution in [3.8, 4) is 0 Å². The first-order chi connectivity index (χ1) is 9.70. The normalized spacial score (nSPS) is 23.1. The first-order valence-corrected chi connectivity index (χ1v) is 7.67. The predicted octanol–water partition coefficient (Wildman–Crippen LogP) is 1.78. The number of nitrogens with one attached hydrogen (secondary N) is 1. The molecule has 5 nitrogen and oxygen atoms in total. The van der Waals surface area contributed by atoms with E-state index in [2.05, 4.69) is 14.9 Å². The van der Waals surface area contributed by atoms with E-state index in [0.717, 1.165) is 26.2 Å². The molecule has 20 heavy (non-hydrogen) atoms. The lowest BCUT2D eigenvalue weighted by molar-refractivity contribution is -0.136. The van der Waals surface area contributed by atoms with E-state index in [9.17, 15) is 4.79 Å². The number of nitrogens with zero attached hydrogens (tertiary/aromatic N) is 3. The van der Waals surface area contributed by atoms with Gasteiger partial charge >= 0.3 is 0 Å². The van der Waals surface area contributed by atoms with Crippen LogP contribution in [-0.2, 0) is 11.3 Å². The van der Waals surface area contributed by atoms with Gasteiger partial charge in [0.05, 0.1) is 6.33 Å². The monoisotopic (exact) mass is 276 g/mol. The highest BCUT2D eigenvalue weighted by Crippen LogP contribution is 2.37. The molecule has 1 aliphatic heterocycles. The number of hydrogen-bond acceptors (Lipinski definition) is 3. The van der Waals surface area contributed by atoms with Gasteiger partial charge in [-0.1, -0.05) is 19.3 Å². The molecule has 1 amide bonds. The number of imidazole rings is 1. The highest BCUT2D eigenvalue weighted by molar-refractivity contribution is 5.73. The number of carbonyl (C=O) groups is 1. The van der Waals surface area contributed by atoms with Crippen molar-refractivity contribution in [3.05, 3.63) is 18.2 Å². The third-order valence-corrected chi connectivity index (χ3v) is 4.94. The second-order valence-corrected chi connectivity index (χ2v) is 6.22. The fourth-order valence-corrected chi connectivity index (χ4v) is 3.79. The van der Waals surface area contributed by atoms with Crippen molar-refractivity contribution in [1.29, 1.82) is 0 Å². The summed E-state index contributed by atoms with van der Waals surface area (Å²) >= 11 is 0. The summed E-state index contributed by atoms with van der Waals surface area (Å²) in [6, 6.07) is 0. The number of hydrogen-bond donors (Lipinski definition) is 1. The lowest BCUT2D eigenvalue weighted by Gasteiger charge is -2.52. The summed E-state index contributed by atoms with van der Waals surface area (Å²) in [5.74, 6) is 0.219. The number of H-pyrrole nitrogens is 1. The standard InChI is InChI=1S/C15H24N4O/c1-13(20)18-7-8-19(10-14-9-16-12-17-14)15(11-18)5-3-2-4-6-15/h9,12H,2-8,10-11H2,1H3,(H,16,17). The van der Waals surface area contributed by atoms with Gasteiger partial charge in [0.15, 0.2) is 0 Å². The van der Waals surface area contributed by atoms with Crippen LogP contribution in [0.4, 0.5) is 0 Å². The SMILES string of the molecule is CC(=O)N1CCN(Cc2cnc[nH]2)C2(CCCCC2)C1. The molecule has 2 fully saturated rings. The van der Waals surface area contributed by atoms with Gasteiger partial charge in [-0.05, 0) is 12.8 Å². The molecule has 1 aromatic rings. The second-order valence-electron chi connectivity index (χ2n) is 6.22. The topological polar surface area (TPSA) is 52.2 Å². The number of amides is 1. The van der Waals surface area contributed by atoms with Crippen molar-refractivity contribution >= 4 is 5.91 Å². The van der Waals surface area contributed by atoms with Gasteiger partial charge in [-0.15, -0.1) is 0 Å². The molecule has 1 spiro atoms. The van der Waals surface area contributed by atoms with Gasteiger partial charge in [-0.3, -0.25) is 9.69 Å². The molecule has 5 heteroatoms. The van der Waals surface area contributed by atoms with Crippen molar-refractivity contribution in [2.45, 2.75) is 51.1 Å². The number of carbonyl (C=O) groups excluding carboxylic acids is 1. The molecule has 0 radical (unpaired) electrons. The summed E-state index contributed by atoms with van der Waals surface area (Å²) in [7, 11) is 0. The van der Waals surface area contributed by atoms with E-state index < -0.39 is 0 Å². The molecule has 0 bridgehead atoms. The zero-order valence-corrected chi connectivity index (χ0v) is 12.3. The van der Waals surface area contributed by atoms with Crippen molar-refractivity contribution in [2.24, 2.45) is 0 Å². The summed E-state index contributed by atoms with van der Waals surface area (Å²) in [5.41, 5.74) is 1.36. The smallest absolute Gasteiger partial charge is 0.219 e. The number of aromatic amines is 1. The molecule has 110 valence electrons. The largest absolute Gasteiger partial charge is 0.347 e. The molecular weight excluding hydrogens is 252 g/mol. The van der Waals surface area contributed by atoms with Gasteiger partial charge < -0.3 is 9.88 Å². The first-order valence-electron chi connectivity index (χ1n) is 7.67. The molecule has 1 aromatic heterocycles. The molecular formula is C15H24N4O. The highest BCUT2D eigenvalue weighted by atomic mass is 16.2. The predicted molar refractivity (Wildman–Crippen MR) is 77.1 cm³/mol. The summed E-state index contributed by atoms with van der Waals surface area (Å²) in [6.45, 7) is 5.34. The summed E-state index contributed by atoms with van der Waals surface area (Å²) in [4.78, 5) is 23.7. The van der Waals surface area contributed by atoms with Crippen LogP contribution in [0, 0.1) is 0 Å². The van der Waals surface area contributed by atoms with Crippen LogP contribution < -0.4 is 0 Å². The van der Waals surface area contributed by atoms with E-state index in [1.54, 1.807) is 13.3 Å². The van der Waals surface area contributed by atoms with Gasteiger partial charge in [0.2, 0.25) is 5.91 Å². The number of piperazine rings is 1. The van der Waals surface area contributed by atoms with Crippen LogP contribution >= 0.6 is 0 Å². The molecule has 1 saturated heterocycles. The molecule has 0 unspecified atom stereocenters. The van der Waals surface area contributed by atoms with Gasteiger partial charge in [-0.2, -0.15) is 0 Å². The third kappa shape index (κ3) is 2.59. The lowest BCUT2D eigenvalue weighted by Crippen LogP contribution is -2.63. The fourth-order valence-electron chi connectivity index (χ4n) is 3.79. The summed E-state index contributed by atoms with van der Waals surface area (Å²) < 4.78 is 0. The van der Waals surface area contributed by atoms with Crippen LogP contribution in [0.5, 0.6) is 0 Å². The molecule has 2 heterocycles. The molecule has 1 N–H and O–H groups in total. The zero-order chi connectivity index (χ0) is 14.0. The zero-order valence-electron chi connectivity index (χ0n) is 12.3. The Bertz CT molecular complexity index is 450. The van der Waals surface area contributed by atoms with Crippen LogP contribution in [0.2, 0.25) is 0 Å². The van der Waals surface area contributed by atoms with E-state index >= 15 is 0 Å². The van der Waals surface area contributed by atoms with Crippen molar-refractivity contribution in [1.82, 2.24) is 19.8 Å². The minimum absolute atomic E-state index is 0.188. The Morgan fingerprint density at radius 1 is 1.35 bits per heavy atom. The minimum atomic E-state index is 0.188. The van der Waals surface area contributed by atoms with Crippen molar-refractivity contribution in [2.75, 3.05) is 19.6 Å². The van der Waals surface area contributed by atoms with Crippen LogP contribution in [0.1, 0.15) is 44.7 Å². The molecule has 0 atom stereocenters. The van der Waals surface area contributed by atoms with Crippen molar-refractivity contribution in [3.63, 3.8) is 0 Å². The highest BCUT2D eigenvalue weighted by Gasteiger charge is 2.42. The fraction of sp³-hybridized carbons (Fsp3) is 0.733. The average molecular weight is 276 g/mol. The molecule has 0 aromatic carbocycles. The maximum atomic E-state index is 11.7. The Morgan fingerprint density at radius 2 is 2.15 bits per heavy atom. The molecule has 1 saturated carbocycles. The van der Waals surface area contributed by atoms with Crippen LogP contribution in [0.25, 0.3) is 0 Å².